The Morgan fingerprint density at radius 1 is 1.21 bits per heavy atom. The van der Waals surface area contributed by atoms with Gasteiger partial charge in [-0.25, -0.2) is 0 Å². The molecule has 2 aromatic rings. The number of benzene rings is 1. The van der Waals surface area contributed by atoms with Gasteiger partial charge in [0, 0.05) is 16.4 Å². The Balaban J connectivity index is 1.99. The predicted molar refractivity (Wildman–Crippen MR) is 84.8 cm³/mol. The molecule has 1 aromatic carbocycles. The van der Waals surface area contributed by atoms with Crippen LogP contribution >= 0.6 is 11.6 Å². The molecule has 2 N–H and O–H groups in total. The largest absolute Gasteiger partial charge is 0.325 e. The highest BCUT2D eigenvalue weighted by atomic mass is 35.5. The van der Waals surface area contributed by atoms with E-state index in [1.165, 1.54) is 6.07 Å². The fourth-order valence-electron chi connectivity index (χ4n) is 2.42. The highest BCUT2D eigenvalue weighted by Crippen LogP contribution is 2.28. The van der Waals surface area contributed by atoms with Crippen LogP contribution in [-0.4, -0.2) is 33.0 Å². The predicted octanol–water partition coefficient (Wildman–Crippen LogP) is 2.14. The van der Waals surface area contributed by atoms with Crippen molar-refractivity contribution >= 4 is 35.0 Å². The zero-order valence-corrected chi connectivity index (χ0v) is 13.2. The van der Waals surface area contributed by atoms with Crippen LogP contribution in [0.4, 0.5) is 5.69 Å². The number of rotatable bonds is 2. The van der Waals surface area contributed by atoms with E-state index in [1.54, 1.807) is 37.3 Å². The number of hydrogen-bond donors (Lipinski definition) is 2. The summed E-state index contributed by atoms with van der Waals surface area (Å²) < 4.78 is 0. The van der Waals surface area contributed by atoms with E-state index in [2.05, 4.69) is 10.3 Å². The third kappa shape index (κ3) is 2.75. The van der Waals surface area contributed by atoms with Crippen molar-refractivity contribution < 1.29 is 19.6 Å². The number of amides is 3. The number of carbonyl (C=O) groups excluding carboxylic acids is 3. The first kappa shape index (κ1) is 16.1. The number of carbonyl (C=O) groups is 3. The average Bonchev–Trinajstić information content (AvgIpc) is 2.55. The van der Waals surface area contributed by atoms with Gasteiger partial charge < -0.3 is 5.32 Å². The van der Waals surface area contributed by atoms with Crippen LogP contribution in [0, 0.1) is 6.92 Å². The molecule has 3 rings (SSSR count). The lowest BCUT2D eigenvalue weighted by atomic mass is 9.93. The van der Waals surface area contributed by atoms with Gasteiger partial charge in [0.2, 0.25) is 5.91 Å². The van der Waals surface area contributed by atoms with E-state index in [0.717, 1.165) is 0 Å². The SMILES string of the molecule is Cc1ccc2c(n1)C(C(=O)Nc1ccc(Cl)cc1)C(=O)N(O)C2=O. The van der Waals surface area contributed by atoms with Crippen molar-refractivity contribution in [3.05, 3.63) is 58.4 Å². The van der Waals surface area contributed by atoms with Crippen LogP contribution in [0.5, 0.6) is 0 Å². The first-order valence-corrected chi connectivity index (χ1v) is 7.37. The summed E-state index contributed by atoms with van der Waals surface area (Å²) in [5, 5.41) is 12.7. The molecule has 7 nitrogen and oxygen atoms in total. The maximum absolute atomic E-state index is 12.5. The van der Waals surface area contributed by atoms with Gasteiger partial charge in [-0.2, -0.15) is 5.06 Å². The summed E-state index contributed by atoms with van der Waals surface area (Å²) in [6, 6.07) is 9.29. The number of aryl methyl sites for hydroxylation is 1. The maximum Gasteiger partial charge on any atom is 0.286 e. The van der Waals surface area contributed by atoms with Crippen molar-refractivity contribution in [2.24, 2.45) is 0 Å². The minimum absolute atomic E-state index is 0.0129. The Morgan fingerprint density at radius 3 is 2.54 bits per heavy atom. The van der Waals surface area contributed by atoms with E-state index in [0.29, 0.717) is 16.4 Å². The van der Waals surface area contributed by atoms with Gasteiger partial charge in [-0.1, -0.05) is 11.6 Å². The van der Waals surface area contributed by atoms with Gasteiger partial charge in [0.05, 0.1) is 11.3 Å². The number of fused-ring (bicyclic) bond motifs is 1. The highest BCUT2D eigenvalue weighted by molar-refractivity contribution is 6.30. The van der Waals surface area contributed by atoms with Crippen LogP contribution in [0.15, 0.2) is 36.4 Å². The summed E-state index contributed by atoms with van der Waals surface area (Å²) in [7, 11) is 0. The molecule has 1 atom stereocenters. The first-order valence-electron chi connectivity index (χ1n) is 6.99. The van der Waals surface area contributed by atoms with Gasteiger partial charge in [-0.15, -0.1) is 0 Å². The van der Waals surface area contributed by atoms with Crippen molar-refractivity contribution in [2.75, 3.05) is 5.32 Å². The Hall–Kier alpha value is -2.77. The summed E-state index contributed by atoms with van der Waals surface area (Å²) in [6.07, 6.45) is 0. The summed E-state index contributed by atoms with van der Waals surface area (Å²) >= 11 is 5.79. The van der Waals surface area contributed by atoms with Crippen molar-refractivity contribution in [1.29, 1.82) is 0 Å². The van der Waals surface area contributed by atoms with Crippen LogP contribution in [0.25, 0.3) is 0 Å². The van der Waals surface area contributed by atoms with Gasteiger partial charge >= 0.3 is 0 Å². The molecule has 0 radical (unpaired) electrons. The molecule has 1 aliphatic heterocycles. The van der Waals surface area contributed by atoms with Crippen molar-refractivity contribution in [2.45, 2.75) is 12.8 Å². The summed E-state index contributed by atoms with van der Waals surface area (Å²) in [6.45, 7) is 1.68. The first-order chi connectivity index (χ1) is 11.4. The topological polar surface area (TPSA) is 99.6 Å². The molecule has 122 valence electrons. The number of halogens is 1. The number of hydrogen-bond acceptors (Lipinski definition) is 5. The Morgan fingerprint density at radius 2 is 1.88 bits per heavy atom. The maximum atomic E-state index is 12.5. The van der Waals surface area contributed by atoms with Crippen LogP contribution in [0.1, 0.15) is 27.7 Å². The molecule has 3 amide bonds. The minimum atomic E-state index is -1.42. The van der Waals surface area contributed by atoms with Crippen molar-refractivity contribution in [3.63, 3.8) is 0 Å². The molecule has 0 aliphatic carbocycles. The van der Waals surface area contributed by atoms with Gasteiger partial charge in [-0.05, 0) is 43.3 Å². The van der Waals surface area contributed by atoms with Crippen LogP contribution < -0.4 is 5.32 Å². The molecule has 0 saturated carbocycles. The third-order valence-electron chi connectivity index (χ3n) is 3.59. The summed E-state index contributed by atoms with van der Waals surface area (Å²) in [5.41, 5.74) is 1.01. The van der Waals surface area contributed by atoms with Crippen LogP contribution in [-0.2, 0) is 9.59 Å². The Labute approximate surface area is 141 Å². The van der Waals surface area contributed by atoms with Crippen LogP contribution in [0.3, 0.4) is 0 Å². The fourth-order valence-corrected chi connectivity index (χ4v) is 2.54. The standard InChI is InChI=1S/C16H12ClN3O4/c1-8-2-7-11-13(18-8)12(16(23)20(24)15(11)22)14(21)19-10-5-3-9(17)4-6-10/h2-7,12,24H,1H3,(H,19,21). The number of pyridine rings is 1. The molecule has 0 saturated heterocycles. The molecule has 1 aromatic heterocycles. The molecular formula is C16H12ClN3O4. The number of imide groups is 1. The highest BCUT2D eigenvalue weighted by Gasteiger charge is 2.43. The van der Waals surface area contributed by atoms with Crippen molar-refractivity contribution in [3.8, 4) is 0 Å². The number of aromatic nitrogens is 1. The summed E-state index contributed by atoms with van der Waals surface area (Å²) in [4.78, 5) is 40.9. The zero-order valence-electron chi connectivity index (χ0n) is 12.5. The number of nitrogens with one attached hydrogen (secondary N) is 1. The number of hydroxylamine groups is 2. The van der Waals surface area contributed by atoms with Gasteiger partial charge in [0.25, 0.3) is 11.8 Å². The molecule has 2 heterocycles. The number of anilines is 1. The molecule has 1 unspecified atom stereocenters. The smallest absolute Gasteiger partial charge is 0.286 e. The fraction of sp³-hybridized carbons (Fsp3) is 0.125. The van der Waals surface area contributed by atoms with Gasteiger partial charge in [0.1, 0.15) is 0 Å². The monoisotopic (exact) mass is 345 g/mol. The Kier molecular flexibility index (Phi) is 4.04. The number of nitrogens with zero attached hydrogens (tertiary/aromatic N) is 2. The van der Waals surface area contributed by atoms with Gasteiger partial charge in [-0.3, -0.25) is 24.6 Å². The Bertz CT molecular complexity index is 851. The molecular weight excluding hydrogens is 334 g/mol. The molecule has 0 spiro atoms. The normalized spacial score (nSPS) is 16.8. The second-order valence-corrected chi connectivity index (χ2v) is 5.71. The average molecular weight is 346 g/mol. The second kappa shape index (κ2) is 6.03. The van der Waals surface area contributed by atoms with E-state index in [4.69, 9.17) is 11.6 Å². The second-order valence-electron chi connectivity index (χ2n) is 5.27. The van der Waals surface area contributed by atoms with E-state index in [-0.39, 0.29) is 16.3 Å². The molecule has 0 fully saturated rings. The minimum Gasteiger partial charge on any atom is -0.325 e. The molecule has 0 bridgehead atoms. The third-order valence-corrected chi connectivity index (χ3v) is 3.84. The van der Waals surface area contributed by atoms with E-state index >= 15 is 0 Å². The van der Waals surface area contributed by atoms with Gasteiger partial charge in [0.15, 0.2) is 5.92 Å². The molecule has 8 heteroatoms. The lowest BCUT2D eigenvalue weighted by Crippen LogP contribution is -2.47. The van der Waals surface area contributed by atoms with E-state index in [9.17, 15) is 19.6 Å². The van der Waals surface area contributed by atoms with E-state index < -0.39 is 23.6 Å². The lowest BCUT2D eigenvalue weighted by Gasteiger charge is -2.27. The quantitative estimate of drug-likeness (QED) is 0.493. The zero-order chi connectivity index (χ0) is 17.4. The van der Waals surface area contributed by atoms with E-state index in [1.807, 2.05) is 0 Å². The molecule has 24 heavy (non-hydrogen) atoms. The molecule has 1 aliphatic rings. The summed E-state index contributed by atoms with van der Waals surface area (Å²) in [5.74, 6) is -4.07. The van der Waals surface area contributed by atoms with Crippen LogP contribution in [0.2, 0.25) is 5.02 Å². The lowest BCUT2D eigenvalue weighted by molar-refractivity contribution is -0.158. The van der Waals surface area contributed by atoms with Crippen molar-refractivity contribution in [1.82, 2.24) is 10.0 Å².